The molecule has 3 aromatic rings. The number of H-pyrrole nitrogens is 2. The molecule has 0 fully saturated rings. The zero-order valence-corrected chi connectivity index (χ0v) is 32.9. The first-order chi connectivity index (χ1) is 27.2. The second-order valence-electron chi connectivity index (χ2n) is 14.5. The minimum Gasteiger partial charge on any atom is -0.391 e. The van der Waals surface area contributed by atoms with Gasteiger partial charge in [0, 0.05) is 36.1 Å². The van der Waals surface area contributed by atoms with Crippen LogP contribution in [-0.2, 0) is 41.6 Å². The van der Waals surface area contributed by atoms with Gasteiger partial charge in [-0.3, -0.25) is 28.8 Å². The van der Waals surface area contributed by atoms with Gasteiger partial charge in [-0.25, -0.2) is 4.98 Å². The summed E-state index contributed by atoms with van der Waals surface area (Å²) in [4.78, 5) is 90.5. The summed E-state index contributed by atoms with van der Waals surface area (Å²) >= 11 is 0. The van der Waals surface area contributed by atoms with Gasteiger partial charge in [-0.1, -0.05) is 38.5 Å². The number of unbranched alkanes of at least 4 members (excludes halogenated alkanes) is 2. The number of aliphatic hydroxyl groups excluding tert-OH is 1. The molecule has 0 aliphatic rings. The fourth-order valence-electron chi connectivity index (χ4n) is 6.22. The van der Waals surface area contributed by atoms with E-state index in [0.717, 1.165) is 10.9 Å². The Labute approximate surface area is 332 Å². The second kappa shape index (κ2) is 23.0. The van der Waals surface area contributed by atoms with Crippen LogP contribution in [0.25, 0.3) is 10.9 Å². The number of imidazole rings is 1. The smallest absolute Gasteiger partial charge is 0.245 e. The van der Waals surface area contributed by atoms with Gasteiger partial charge in [-0.15, -0.1) is 0 Å². The summed E-state index contributed by atoms with van der Waals surface area (Å²) in [5.41, 5.74) is 24.9. The third kappa shape index (κ3) is 14.3. The third-order valence-corrected chi connectivity index (χ3v) is 9.56. The number of fused-ring (bicyclic) bond motifs is 1. The molecule has 7 atom stereocenters. The molecular formula is C38H60N12O7. The number of hydrogen-bond donors (Lipinski definition) is 12. The number of carbonyl (C=O) groups is 6. The maximum absolute atomic E-state index is 14.2. The lowest BCUT2D eigenvalue weighted by Gasteiger charge is -2.29. The highest BCUT2D eigenvalue weighted by Gasteiger charge is 2.35. The Morgan fingerprint density at radius 3 is 1.93 bits per heavy atom. The highest BCUT2D eigenvalue weighted by Crippen LogP contribution is 2.20. The van der Waals surface area contributed by atoms with Crippen molar-refractivity contribution in [3.63, 3.8) is 0 Å². The SMILES string of the molecule is CC(C)[C@H](NC(=O)[C@H](Cc1c[nH]c2ccccc12)NC(=O)[C@H](CCCCN)NC(=O)[C@@H](N)CCCCN)C(=O)N[C@H](C(=O)N[C@@H](Cc1c[nH]cn1)C(N)=O)[C@@H](C)O. The highest BCUT2D eigenvalue weighted by molar-refractivity contribution is 5.97. The zero-order chi connectivity index (χ0) is 42.1. The molecule has 314 valence electrons. The predicted molar refractivity (Wildman–Crippen MR) is 213 cm³/mol. The molecule has 19 heteroatoms. The number of benzene rings is 1. The largest absolute Gasteiger partial charge is 0.391 e. The maximum atomic E-state index is 14.2. The van der Waals surface area contributed by atoms with Crippen molar-refractivity contribution in [1.82, 2.24) is 41.5 Å². The van der Waals surface area contributed by atoms with Crippen LogP contribution in [-0.4, -0.2) is 111 Å². The molecule has 0 unspecified atom stereocenters. The lowest BCUT2D eigenvalue weighted by Crippen LogP contribution is -2.62. The Balaban J connectivity index is 1.85. The van der Waals surface area contributed by atoms with E-state index in [1.165, 1.54) is 19.4 Å². The molecule has 16 N–H and O–H groups in total. The molecule has 3 rings (SSSR count). The first-order valence-electron chi connectivity index (χ1n) is 19.3. The summed E-state index contributed by atoms with van der Waals surface area (Å²) in [7, 11) is 0. The Hall–Kier alpha value is -5.37. The van der Waals surface area contributed by atoms with Gasteiger partial charge >= 0.3 is 0 Å². The van der Waals surface area contributed by atoms with Gasteiger partial charge in [-0.2, -0.15) is 0 Å². The molecule has 19 nitrogen and oxygen atoms in total. The van der Waals surface area contributed by atoms with Crippen molar-refractivity contribution in [1.29, 1.82) is 0 Å². The molecule has 2 heterocycles. The summed E-state index contributed by atoms with van der Waals surface area (Å²) in [6.07, 6.45) is 6.20. The number of nitrogens with two attached hydrogens (primary N) is 4. The number of nitrogens with zero attached hydrogens (tertiary/aromatic N) is 1. The average Bonchev–Trinajstić information content (AvgIpc) is 3.84. The molecule has 0 aliphatic heterocycles. The van der Waals surface area contributed by atoms with Crippen molar-refractivity contribution in [3.8, 4) is 0 Å². The Kier molecular flexibility index (Phi) is 18.6. The summed E-state index contributed by atoms with van der Waals surface area (Å²) in [5, 5.41) is 24.6. The number of amides is 6. The number of nitrogens with one attached hydrogen (secondary N) is 7. The zero-order valence-electron chi connectivity index (χ0n) is 32.9. The molecule has 6 amide bonds. The fraction of sp³-hybridized carbons (Fsp3) is 0.553. The molecule has 0 spiro atoms. The van der Waals surface area contributed by atoms with Crippen molar-refractivity contribution < 1.29 is 33.9 Å². The predicted octanol–water partition coefficient (Wildman–Crippen LogP) is -1.79. The van der Waals surface area contributed by atoms with Crippen LogP contribution in [0, 0.1) is 5.92 Å². The number of aliphatic hydroxyl groups is 1. The van der Waals surface area contributed by atoms with E-state index in [4.69, 9.17) is 22.9 Å². The Morgan fingerprint density at radius 2 is 1.32 bits per heavy atom. The van der Waals surface area contributed by atoms with Crippen LogP contribution in [0.3, 0.4) is 0 Å². The molecular weight excluding hydrogens is 736 g/mol. The van der Waals surface area contributed by atoms with Crippen LogP contribution in [0.15, 0.2) is 43.0 Å². The Bertz CT molecular complexity index is 1760. The summed E-state index contributed by atoms with van der Waals surface area (Å²) in [6.45, 7) is 5.45. The van der Waals surface area contributed by atoms with Crippen LogP contribution in [0.4, 0.5) is 0 Å². The minimum atomic E-state index is -1.54. The van der Waals surface area contributed by atoms with Crippen LogP contribution in [0.2, 0.25) is 0 Å². The van der Waals surface area contributed by atoms with Gasteiger partial charge in [0.05, 0.1) is 24.2 Å². The van der Waals surface area contributed by atoms with E-state index in [1.807, 2.05) is 24.3 Å². The molecule has 0 bridgehead atoms. The van der Waals surface area contributed by atoms with E-state index in [-0.39, 0.29) is 19.3 Å². The topological polar surface area (TPSA) is 331 Å². The second-order valence-corrected chi connectivity index (χ2v) is 14.5. The molecule has 2 aromatic heterocycles. The maximum Gasteiger partial charge on any atom is 0.245 e. The number of primary amides is 1. The number of para-hydroxylation sites is 1. The number of carbonyl (C=O) groups excluding carboxylic acids is 6. The van der Waals surface area contributed by atoms with Crippen molar-refractivity contribution in [3.05, 3.63) is 54.2 Å². The number of aromatic amines is 2. The van der Waals surface area contributed by atoms with E-state index in [2.05, 4.69) is 41.5 Å². The van der Waals surface area contributed by atoms with E-state index >= 15 is 0 Å². The standard InChI is InChI=1S/C38H60N12O7/c1-21(2)31(37(56)50-32(22(3)51)38(57)47-29(33(42)52)17-24-19-43-20-45-24)49-36(55)30(16-23-18-44-27-12-5-4-10-25(23)27)48-35(54)28(13-7-9-15-40)46-34(53)26(41)11-6-8-14-39/h4-5,10,12,18-22,26,28-32,44,51H,6-9,11,13-17,39-41H2,1-3H3,(H2,42,52)(H,43,45)(H,46,53)(H,47,57)(H,48,54)(H,49,55)(H,50,56)/t22-,26+,28+,29+,30+,31+,32+/m1/s1. The van der Waals surface area contributed by atoms with Gasteiger partial charge < -0.3 is 64.6 Å². The summed E-state index contributed by atoms with van der Waals surface area (Å²) in [6, 6.07) is 0.252. The van der Waals surface area contributed by atoms with Gasteiger partial charge in [0.2, 0.25) is 35.4 Å². The van der Waals surface area contributed by atoms with Crippen molar-refractivity contribution in [2.45, 2.75) is 114 Å². The van der Waals surface area contributed by atoms with Crippen molar-refractivity contribution in [2.75, 3.05) is 13.1 Å². The quantitative estimate of drug-likeness (QED) is 0.0425. The molecule has 0 saturated heterocycles. The van der Waals surface area contributed by atoms with Crippen LogP contribution in [0.1, 0.15) is 70.6 Å². The summed E-state index contributed by atoms with van der Waals surface area (Å²) in [5.74, 6) is -4.98. The number of rotatable bonds is 25. The fourth-order valence-corrected chi connectivity index (χ4v) is 6.22. The van der Waals surface area contributed by atoms with E-state index < -0.39 is 83.7 Å². The van der Waals surface area contributed by atoms with E-state index in [9.17, 15) is 33.9 Å². The molecule has 0 aliphatic carbocycles. The van der Waals surface area contributed by atoms with Crippen molar-refractivity contribution >= 4 is 46.3 Å². The number of aromatic nitrogens is 3. The van der Waals surface area contributed by atoms with Crippen LogP contribution >= 0.6 is 0 Å². The molecule has 57 heavy (non-hydrogen) atoms. The highest BCUT2D eigenvalue weighted by atomic mass is 16.3. The van der Waals surface area contributed by atoms with Crippen LogP contribution < -0.4 is 49.5 Å². The number of hydrogen-bond acceptors (Lipinski definition) is 11. The first-order valence-corrected chi connectivity index (χ1v) is 19.3. The lowest BCUT2D eigenvalue weighted by atomic mass is 9.99. The van der Waals surface area contributed by atoms with Gasteiger partial charge in [-0.05, 0) is 69.7 Å². The van der Waals surface area contributed by atoms with Gasteiger partial charge in [0.1, 0.15) is 30.2 Å². The Morgan fingerprint density at radius 1 is 0.719 bits per heavy atom. The third-order valence-electron chi connectivity index (χ3n) is 9.56. The summed E-state index contributed by atoms with van der Waals surface area (Å²) < 4.78 is 0. The molecule has 1 aromatic carbocycles. The van der Waals surface area contributed by atoms with E-state index in [0.29, 0.717) is 56.5 Å². The van der Waals surface area contributed by atoms with Crippen LogP contribution in [0.5, 0.6) is 0 Å². The monoisotopic (exact) mass is 796 g/mol. The average molecular weight is 797 g/mol. The molecule has 0 saturated carbocycles. The van der Waals surface area contributed by atoms with Crippen molar-refractivity contribution in [2.24, 2.45) is 28.9 Å². The van der Waals surface area contributed by atoms with Gasteiger partial charge in [0.15, 0.2) is 0 Å². The minimum absolute atomic E-state index is 0.000693. The lowest BCUT2D eigenvalue weighted by molar-refractivity contribution is -0.137. The van der Waals surface area contributed by atoms with E-state index in [1.54, 1.807) is 20.0 Å². The van der Waals surface area contributed by atoms with Gasteiger partial charge in [0.25, 0.3) is 0 Å². The molecule has 0 radical (unpaired) electrons. The first kappa shape index (κ1) is 46.0. The normalized spacial score (nSPS) is 15.1.